The highest BCUT2D eigenvalue weighted by Gasteiger charge is 2.42. The minimum absolute atomic E-state index is 0.0250. The standard InChI is InChI=1S/C23H33N5O5/c1-16(29)27-11-8-23(9-12-27)7-3-2-4-17-15-28(21(31)19-6-13-33-26-19)10-5-18(17)25-20(30)14-24-22(23)32/h6,13,17-18H,2-5,7-12,14-15H2,1H3,(H,24,32)(H,25,30)/t17-,18-/m0/s1. The molecule has 4 heterocycles. The maximum absolute atomic E-state index is 13.1. The molecule has 1 aromatic heterocycles. The number of nitrogens with zero attached hydrogens (tertiary/aromatic N) is 3. The first-order valence-electron chi connectivity index (χ1n) is 11.9. The van der Waals surface area contributed by atoms with E-state index in [4.69, 9.17) is 4.52 Å². The Morgan fingerprint density at radius 1 is 1.09 bits per heavy atom. The van der Waals surface area contributed by atoms with E-state index in [9.17, 15) is 19.2 Å². The number of rotatable bonds is 1. The number of aromatic nitrogens is 1. The van der Waals surface area contributed by atoms with Crippen LogP contribution in [0.2, 0.25) is 0 Å². The second kappa shape index (κ2) is 9.93. The molecule has 4 amide bonds. The van der Waals surface area contributed by atoms with Gasteiger partial charge in [-0.2, -0.15) is 0 Å². The molecule has 180 valence electrons. The molecule has 10 nitrogen and oxygen atoms in total. The lowest BCUT2D eigenvalue weighted by molar-refractivity contribution is -0.140. The first-order chi connectivity index (χ1) is 15.9. The van der Waals surface area contributed by atoms with Crippen LogP contribution in [-0.2, 0) is 14.4 Å². The van der Waals surface area contributed by atoms with Crippen molar-refractivity contribution in [3.63, 3.8) is 0 Å². The summed E-state index contributed by atoms with van der Waals surface area (Å²) in [5, 5.41) is 9.71. The molecule has 0 radical (unpaired) electrons. The fourth-order valence-corrected chi connectivity index (χ4v) is 5.50. The predicted octanol–water partition coefficient (Wildman–Crippen LogP) is 0.940. The molecule has 2 atom stereocenters. The van der Waals surface area contributed by atoms with E-state index in [1.807, 2.05) is 0 Å². The fraction of sp³-hybridized carbons (Fsp3) is 0.696. The summed E-state index contributed by atoms with van der Waals surface area (Å²) in [6.07, 6.45) is 6.70. The van der Waals surface area contributed by atoms with Crippen LogP contribution in [0.15, 0.2) is 16.9 Å². The number of carbonyl (C=O) groups excluding carboxylic acids is 4. The lowest BCUT2D eigenvalue weighted by Gasteiger charge is -2.42. The fourth-order valence-electron chi connectivity index (χ4n) is 5.50. The monoisotopic (exact) mass is 459 g/mol. The van der Waals surface area contributed by atoms with Crippen molar-refractivity contribution in [1.82, 2.24) is 25.6 Å². The van der Waals surface area contributed by atoms with E-state index < -0.39 is 5.41 Å². The van der Waals surface area contributed by atoms with Gasteiger partial charge in [0.1, 0.15) is 6.26 Å². The van der Waals surface area contributed by atoms with Gasteiger partial charge in [0.05, 0.1) is 12.0 Å². The maximum atomic E-state index is 13.1. The SMILES string of the molecule is CC(=O)N1CCC2(CCCC[C@H]3CN(C(=O)c4ccon4)CC[C@@H]3NC(=O)CNC2=O)CC1. The van der Waals surface area contributed by atoms with E-state index in [0.717, 1.165) is 25.7 Å². The minimum atomic E-state index is -0.535. The number of likely N-dealkylation sites (tertiary alicyclic amines) is 2. The number of nitrogens with one attached hydrogen (secondary N) is 2. The van der Waals surface area contributed by atoms with Gasteiger partial charge in [-0.05, 0) is 38.0 Å². The Morgan fingerprint density at radius 2 is 1.88 bits per heavy atom. The topological polar surface area (TPSA) is 125 Å². The van der Waals surface area contributed by atoms with Crippen LogP contribution in [0.1, 0.15) is 62.4 Å². The van der Waals surface area contributed by atoms with Gasteiger partial charge in [-0.15, -0.1) is 0 Å². The number of fused-ring (bicyclic) bond motifs is 1. The Bertz CT molecular complexity index is 878. The number of amides is 4. The van der Waals surface area contributed by atoms with Crippen LogP contribution in [-0.4, -0.2) is 77.4 Å². The molecule has 0 saturated carbocycles. The summed E-state index contributed by atoms with van der Waals surface area (Å²) < 4.78 is 4.81. The molecule has 0 aromatic carbocycles. The molecule has 1 spiro atoms. The number of hydrogen-bond donors (Lipinski definition) is 2. The van der Waals surface area contributed by atoms with E-state index in [2.05, 4.69) is 15.8 Å². The number of carbonyl (C=O) groups is 4. The quantitative estimate of drug-likeness (QED) is 0.644. The van der Waals surface area contributed by atoms with E-state index in [1.54, 1.807) is 22.8 Å². The van der Waals surface area contributed by atoms with Gasteiger partial charge in [-0.25, -0.2) is 0 Å². The Balaban J connectivity index is 1.42. The predicted molar refractivity (Wildman–Crippen MR) is 118 cm³/mol. The molecule has 1 aromatic rings. The molecule has 3 fully saturated rings. The van der Waals surface area contributed by atoms with Crippen LogP contribution in [0.25, 0.3) is 0 Å². The maximum Gasteiger partial charge on any atom is 0.276 e. The summed E-state index contributed by atoms with van der Waals surface area (Å²) in [5.74, 6) is -0.254. The van der Waals surface area contributed by atoms with Gasteiger partial charge in [-0.3, -0.25) is 19.2 Å². The van der Waals surface area contributed by atoms with Gasteiger partial charge in [0, 0.05) is 45.2 Å². The second-order valence-electron chi connectivity index (χ2n) is 9.57. The van der Waals surface area contributed by atoms with E-state index >= 15 is 0 Å². The highest BCUT2D eigenvalue weighted by molar-refractivity contribution is 5.92. The van der Waals surface area contributed by atoms with Crippen LogP contribution in [0.3, 0.4) is 0 Å². The first kappa shape index (κ1) is 23.3. The van der Waals surface area contributed by atoms with Crippen LogP contribution < -0.4 is 10.6 Å². The average Bonchev–Trinajstić information content (AvgIpc) is 3.35. The van der Waals surface area contributed by atoms with Gasteiger partial charge >= 0.3 is 0 Å². The van der Waals surface area contributed by atoms with Gasteiger partial charge in [0.2, 0.25) is 17.7 Å². The Kier molecular flexibility index (Phi) is 6.99. The van der Waals surface area contributed by atoms with Crippen molar-refractivity contribution < 1.29 is 23.7 Å². The molecule has 33 heavy (non-hydrogen) atoms. The molecule has 0 aliphatic carbocycles. The smallest absolute Gasteiger partial charge is 0.276 e. The van der Waals surface area contributed by atoms with Crippen molar-refractivity contribution in [1.29, 1.82) is 0 Å². The lowest BCUT2D eigenvalue weighted by Crippen LogP contribution is -2.55. The van der Waals surface area contributed by atoms with E-state index in [0.29, 0.717) is 51.1 Å². The largest absolute Gasteiger partial charge is 0.364 e. The van der Waals surface area contributed by atoms with Crippen molar-refractivity contribution in [3.8, 4) is 0 Å². The zero-order valence-corrected chi connectivity index (χ0v) is 19.2. The molecule has 2 N–H and O–H groups in total. The van der Waals surface area contributed by atoms with Crippen LogP contribution in [0.4, 0.5) is 0 Å². The van der Waals surface area contributed by atoms with Gasteiger partial charge in [0.25, 0.3) is 5.91 Å². The van der Waals surface area contributed by atoms with Crippen molar-refractivity contribution in [3.05, 3.63) is 18.0 Å². The zero-order valence-electron chi connectivity index (χ0n) is 19.2. The molecule has 10 heteroatoms. The summed E-state index contributed by atoms with van der Waals surface area (Å²) in [5.41, 5.74) is -0.237. The zero-order chi connectivity index (χ0) is 23.4. The molecular weight excluding hydrogens is 426 g/mol. The normalized spacial score (nSPS) is 26.5. The van der Waals surface area contributed by atoms with Crippen molar-refractivity contribution in [2.45, 2.75) is 57.9 Å². The van der Waals surface area contributed by atoms with Crippen molar-refractivity contribution >= 4 is 23.6 Å². The molecule has 0 unspecified atom stereocenters. The highest BCUT2D eigenvalue weighted by Crippen LogP contribution is 2.38. The lowest BCUT2D eigenvalue weighted by atomic mass is 9.73. The third kappa shape index (κ3) is 5.20. The molecule has 0 bridgehead atoms. The Hall–Kier alpha value is -2.91. The van der Waals surface area contributed by atoms with Crippen LogP contribution in [0.5, 0.6) is 0 Å². The minimum Gasteiger partial charge on any atom is -0.364 e. The average molecular weight is 460 g/mol. The summed E-state index contributed by atoms with van der Waals surface area (Å²) in [6, 6.07) is 1.54. The number of hydrogen-bond acceptors (Lipinski definition) is 6. The molecule has 3 aliphatic heterocycles. The van der Waals surface area contributed by atoms with E-state index in [-0.39, 0.29) is 42.1 Å². The summed E-state index contributed by atoms with van der Waals surface area (Å²) in [4.78, 5) is 53.7. The van der Waals surface area contributed by atoms with E-state index in [1.165, 1.54) is 6.26 Å². The molecule has 3 saturated heterocycles. The Morgan fingerprint density at radius 3 is 2.58 bits per heavy atom. The number of piperidine rings is 2. The van der Waals surface area contributed by atoms with Gasteiger partial charge < -0.3 is 25.0 Å². The van der Waals surface area contributed by atoms with Gasteiger partial charge in [-0.1, -0.05) is 18.0 Å². The van der Waals surface area contributed by atoms with Crippen LogP contribution in [0, 0.1) is 11.3 Å². The Labute approximate surface area is 193 Å². The molecule has 3 aliphatic rings. The summed E-state index contributed by atoms with van der Waals surface area (Å²) in [7, 11) is 0. The third-order valence-electron chi connectivity index (χ3n) is 7.56. The van der Waals surface area contributed by atoms with Crippen molar-refractivity contribution in [2.75, 3.05) is 32.7 Å². The molecule has 4 rings (SSSR count). The summed E-state index contributed by atoms with van der Waals surface area (Å²) >= 11 is 0. The van der Waals surface area contributed by atoms with Crippen molar-refractivity contribution in [2.24, 2.45) is 11.3 Å². The highest BCUT2D eigenvalue weighted by atomic mass is 16.5. The third-order valence-corrected chi connectivity index (χ3v) is 7.56. The molecular formula is C23H33N5O5. The first-order valence-corrected chi connectivity index (χ1v) is 11.9. The second-order valence-corrected chi connectivity index (χ2v) is 9.57. The van der Waals surface area contributed by atoms with Crippen LogP contribution >= 0.6 is 0 Å². The van der Waals surface area contributed by atoms with Gasteiger partial charge in [0.15, 0.2) is 5.69 Å². The summed E-state index contributed by atoms with van der Waals surface area (Å²) in [6.45, 7) is 3.73.